The lowest BCUT2D eigenvalue weighted by atomic mass is 9.84. The molecular weight excluding hydrogens is 228 g/mol. The molecule has 4 unspecified atom stereocenters. The van der Waals surface area contributed by atoms with Crippen molar-refractivity contribution in [2.75, 3.05) is 0 Å². The van der Waals surface area contributed by atoms with Crippen molar-refractivity contribution in [1.29, 1.82) is 5.26 Å². The summed E-state index contributed by atoms with van der Waals surface area (Å²) in [6.07, 6.45) is 3.93. The van der Waals surface area contributed by atoms with E-state index < -0.39 is 11.2 Å². The Morgan fingerprint density at radius 2 is 2.44 bits per heavy atom. The van der Waals surface area contributed by atoms with Crippen LogP contribution >= 0.6 is 0 Å². The van der Waals surface area contributed by atoms with Crippen LogP contribution in [0.2, 0.25) is 0 Å². The first kappa shape index (κ1) is 11.2. The largest absolute Gasteiger partial charge is 0.609 e. The van der Waals surface area contributed by atoms with E-state index in [4.69, 9.17) is 11.0 Å². The molecule has 1 aliphatic carbocycles. The summed E-state index contributed by atoms with van der Waals surface area (Å²) >= 11 is -1.31. The standard InChI is InChI=1S/C9H12N4O2S/c10-4-12-9-13-7-5(8(11)14)2-1-3-6(7)16(9)15/h5-7H,1-3H2,(H2,11,14)(H,12,13). The molecule has 1 amide bonds. The Kier molecular flexibility index (Phi) is 3.03. The van der Waals surface area contributed by atoms with Crippen LogP contribution < -0.4 is 11.1 Å². The van der Waals surface area contributed by atoms with Crippen molar-refractivity contribution in [1.82, 2.24) is 5.32 Å². The average Bonchev–Trinajstić information content (AvgIpc) is 2.57. The fourth-order valence-electron chi connectivity index (χ4n) is 2.38. The van der Waals surface area contributed by atoms with Crippen molar-refractivity contribution >= 4 is 22.3 Å². The molecule has 7 heteroatoms. The molecular formula is C9H12N4O2S. The highest BCUT2D eigenvalue weighted by molar-refractivity contribution is 8.07. The van der Waals surface area contributed by atoms with Crippen LogP contribution in [0.5, 0.6) is 0 Å². The fraction of sp³-hybridized carbons (Fsp3) is 0.667. The number of rotatable bonds is 1. The highest BCUT2D eigenvalue weighted by Gasteiger charge is 2.51. The highest BCUT2D eigenvalue weighted by Crippen LogP contribution is 2.33. The Labute approximate surface area is 96.1 Å². The number of nitriles is 1. The smallest absolute Gasteiger partial charge is 0.327 e. The molecule has 0 aromatic rings. The number of hydrogen-bond donors (Lipinski definition) is 2. The minimum atomic E-state index is -1.31. The van der Waals surface area contributed by atoms with Crippen LogP contribution in [0.25, 0.3) is 0 Å². The topological polar surface area (TPSA) is 114 Å². The van der Waals surface area contributed by atoms with E-state index in [1.54, 1.807) is 6.19 Å². The number of aliphatic imine (C=N–C) groups is 1. The van der Waals surface area contributed by atoms with Gasteiger partial charge >= 0.3 is 5.17 Å². The summed E-state index contributed by atoms with van der Waals surface area (Å²) < 4.78 is 11.9. The van der Waals surface area contributed by atoms with Gasteiger partial charge in [-0.3, -0.25) is 4.79 Å². The number of primary amides is 1. The summed E-state index contributed by atoms with van der Waals surface area (Å²) in [6.45, 7) is 0. The number of amidine groups is 1. The molecule has 2 fully saturated rings. The van der Waals surface area contributed by atoms with Crippen molar-refractivity contribution < 1.29 is 9.35 Å². The molecule has 2 aliphatic rings. The first-order valence-corrected chi connectivity index (χ1v) is 6.29. The molecule has 6 nitrogen and oxygen atoms in total. The molecule has 0 aromatic heterocycles. The Hall–Kier alpha value is -1.26. The Morgan fingerprint density at radius 1 is 1.69 bits per heavy atom. The number of carbonyl (C=O) groups is 1. The van der Waals surface area contributed by atoms with Gasteiger partial charge in [0.25, 0.3) is 0 Å². The van der Waals surface area contributed by atoms with Gasteiger partial charge in [-0.1, -0.05) is 0 Å². The normalized spacial score (nSPS) is 39.9. The molecule has 2 rings (SSSR count). The summed E-state index contributed by atoms with van der Waals surface area (Å²) in [7, 11) is 0. The Morgan fingerprint density at radius 3 is 3.06 bits per heavy atom. The molecule has 0 bridgehead atoms. The Bertz CT molecular complexity index is 378. The molecule has 16 heavy (non-hydrogen) atoms. The van der Waals surface area contributed by atoms with E-state index in [-0.39, 0.29) is 28.3 Å². The quantitative estimate of drug-likeness (QED) is 0.461. The monoisotopic (exact) mass is 240 g/mol. The van der Waals surface area contributed by atoms with E-state index in [1.807, 2.05) is 0 Å². The minimum absolute atomic E-state index is 0.140. The molecule has 0 aromatic carbocycles. The zero-order chi connectivity index (χ0) is 11.7. The lowest BCUT2D eigenvalue weighted by molar-refractivity contribution is -0.123. The van der Waals surface area contributed by atoms with Crippen LogP contribution in [-0.2, 0) is 16.0 Å². The molecule has 0 radical (unpaired) electrons. The third-order valence-electron chi connectivity index (χ3n) is 3.11. The van der Waals surface area contributed by atoms with Crippen molar-refractivity contribution in [2.45, 2.75) is 30.6 Å². The number of hydrogen-bond acceptors (Lipinski definition) is 4. The van der Waals surface area contributed by atoms with Gasteiger partial charge in [0, 0.05) is 11.2 Å². The summed E-state index contributed by atoms with van der Waals surface area (Å²) in [4.78, 5) is 14.7. The van der Waals surface area contributed by atoms with Crippen LogP contribution in [0.1, 0.15) is 19.3 Å². The van der Waals surface area contributed by atoms with Gasteiger partial charge in [0.15, 0.2) is 0 Å². The van der Waals surface area contributed by atoms with Crippen LogP contribution in [-0.4, -0.2) is 26.9 Å². The van der Waals surface area contributed by atoms with E-state index in [2.05, 4.69) is 10.3 Å². The first-order valence-electron chi connectivity index (χ1n) is 5.08. The number of fused-ring (bicyclic) bond motifs is 1. The third-order valence-corrected chi connectivity index (χ3v) is 4.78. The highest BCUT2D eigenvalue weighted by atomic mass is 32.2. The maximum absolute atomic E-state index is 11.9. The maximum atomic E-state index is 11.9. The average molecular weight is 240 g/mol. The Balaban J connectivity index is 2.23. The van der Waals surface area contributed by atoms with Gasteiger partial charge in [0.05, 0.1) is 12.0 Å². The van der Waals surface area contributed by atoms with E-state index >= 15 is 0 Å². The predicted molar refractivity (Wildman–Crippen MR) is 58.4 cm³/mol. The SMILES string of the molecule is N#CN=C1NC2C(C(N)=O)CCCC2[S+]1[O-]. The number of nitrogens with zero attached hydrogens (tertiary/aromatic N) is 2. The lowest BCUT2D eigenvalue weighted by Gasteiger charge is -2.28. The third kappa shape index (κ3) is 1.74. The summed E-state index contributed by atoms with van der Waals surface area (Å²) in [5.41, 5.74) is 5.31. The van der Waals surface area contributed by atoms with Gasteiger partial charge < -0.3 is 15.6 Å². The molecule has 1 saturated carbocycles. The first-order chi connectivity index (χ1) is 7.65. The van der Waals surface area contributed by atoms with E-state index in [1.165, 1.54) is 0 Å². The number of amides is 1. The van der Waals surface area contributed by atoms with Gasteiger partial charge in [-0.25, -0.2) is 0 Å². The van der Waals surface area contributed by atoms with Crippen molar-refractivity contribution in [3.8, 4) is 6.19 Å². The van der Waals surface area contributed by atoms with Crippen LogP contribution in [0.15, 0.2) is 4.99 Å². The molecule has 0 spiro atoms. The minimum Gasteiger partial charge on any atom is -0.609 e. The number of carbonyl (C=O) groups excluding carboxylic acids is 1. The fourth-order valence-corrected chi connectivity index (χ4v) is 3.95. The van der Waals surface area contributed by atoms with Crippen molar-refractivity contribution in [2.24, 2.45) is 16.6 Å². The molecule has 1 heterocycles. The van der Waals surface area contributed by atoms with Gasteiger partial charge in [-0.2, -0.15) is 5.26 Å². The van der Waals surface area contributed by atoms with Crippen molar-refractivity contribution in [3.05, 3.63) is 0 Å². The predicted octanol–water partition coefficient (Wildman–Crippen LogP) is -0.802. The second kappa shape index (κ2) is 4.31. The summed E-state index contributed by atoms with van der Waals surface area (Å²) in [6, 6.07) is -0.223. The lowest BCUT2D eigenvalue weighted by Crippen LogP contribution is -2.47. The van der Waals surface area contributed by atoms with E-state index in [9.17, 15) is 9.35 Å². The van der Waals surface area contributed by atoms with Gasteiger partial charge in [0.2, 0.25) is 12.1 Å². The molecule has 86 valence electrons. The van der Waals surface area contributed by atoms with E-state index in [0.29, 0.717) is 6.42 Å². The van der Waals surface area contributed by atoms with Gasteiger partial charge in [0.1, 0.15) is 5.25 Å². The zero-order valence-electron chi connectivity index (χ0n) is 8.55. The molecule has 4 atom stereocenters. The molecule has 1 aliphatic heterocycles. The molecule has 1 saturated heterocycles. The second-order valence-electron chi connectivity index (χ2n) is 3.96. The van der Waals surface area contributed by atoms with Gasteiger partial charge in [-0.05, 0) is 19.3 Å². The molecule has 3 N–H and O–H groups in total. The summed E-state index contributed by atoms with van der Waals surface area (Å²) in [5.74, 6) is -0.688. The number of nitrogens with one attached hydrogen (secondary N) is 1. The second-order valence-corrected chi connectivity index (χ2v) is 5.55. The number of nitrogens with two attached hydrogens (primary N) is 1. The summed E-state index contributed by atoms with van der Waals surface area (Å²) in [5, 5.41) is 11.4. The maximum Gasteiger partial charge on any atom is 0.327 e. The van der Waals surface area contributed by atoms with Crippen LogP contribution in [0.4, 0.5) is 0 Å². The van der Waals surface area contributed by atoms with Crippen molar-refractivity contribution in [3.63, 3.8) is 0 Å². The van der Waals surface area contributed by atoms with E-state index in [0.717, 1.165) is 12.8 Å². The zero-order valence-corrected chi connectivity index (χ0v) is 9.37. The van der Waals surface area contributed by atoms with Crippen LogP contribution in [0.3, 0.4) is 0 Å². The van der Waals surface area contributed by atoms with Gasteiger partial charge in [-0.15, -0.1) is 4.99 Å². The van der Waals surface area contributed by atoms with Crippen LogP contribution in [0, 0.1) is 17.4 Å².